The van der Waals surface area contributed by atoms with Crippen molar-refractivity contribution in [3.63, 3.8) is 0 Å². The highest BCUT2D eigenvalue weighted by molar-refractivity contribution is 5.83. The lowest BCUT2D eigenvalue weighted by Crippen LogP contribution is -2.04. The summed E-state index contributed by atoms with van der Waals surface area (Å²) in [5.41, 5.74) is 8.81. The van der Waals surface area contributed by atoms with Crippen molar-refractivity contribution in [3.8, 4) is 0 Å². The molecule has 3 aromatic rings. The minimum absolute atomic E-state index is 0.312. The van der Waals surface area contributed by atoms with Gasteiger partial charge < -0.3 is 10.3 Å². The molecule has 0 bridgehead atoms. The summed E-state index contributed by atoms with van der Waals surface area (Å²) in [7, 11) is 0. The summed E-state index contributed by atoms with van der Waals surface area (Å²) >= 11 is 0. The summed E-state index contributed by atoms with van der Waals surface area (Å²) < 4.78 is 15.2. The van der Waals surface area contributed by atoms with Crippen molar-refractivity contribution in [1.82, 2.24) is 9.55 Å². The molecule has 19 heavy (non-hydrogen) atoms. The van der Waals surface area contributed by atoms with E-state index < -0.39 is 0 Å². The van der Waals surface area contributed by atoms with Crippen LogP contribution in [0.15, 0.2) is 48.9 Å². The van der Waals surface area contributed by atoms with Gasteiger partial charge in [-0.2, -0.15) is 0 Å². The second-order valence-electron chi connectivity index (χ2n) is 4.51. The van der Waals surface area contributed by atoms with Crippen LogP contribution in [0.4, 0.5) is 4.39 Å². The van der Waals surface area contributed by atoms with Crippen LogP contribution in [0.5, 0.6) is 0 Å². The van der Waals surface area contributed by atoms with E-state index in [1.807, 2.05) is 24.4 Å². The quantitative estimate of drug-likeness (QED) is 0.782. The molecule has 0 unspecified atom stereocenters. The minimum atomic E-state index is -0.312. The third kappa shape index (κ3) is 2.22. The Bertz CT molecular complexity index is 718. The molecule has 0 atom stereocenters. The maximum Gasteiger partial charge on any atom is 0.141 e. The van der Waals surface area contributed by atoms with Gasteiger partial charge in [-0.25, -0.2) is 4.39 Å². The van der Waals surface area contributed by atoms with E-state index in [2.05, 4.69) is 15.6 Å². The van der Waals surface area contributed by atoms with Gasteiger partial charge in [0.05, 0.1) is 11.7 Å². The van der Waals surface area contributed by atoms with Gasteiger partial charge in [-0.15, -0.1) is 0 Å². The van der Waals surface area contributed by atoms with Gasteiger partial charge in [-0.05, 0) is 28.6 Å². The van der Waals surface area contributed by atoms with Crippen LogP contribution in [0.3, 0.4) is 0 Å². The number of hydrogen-bond donors (Lipinski definition) is 1. The number of halogens is 1. The molecule has 1 aromatic carbocycles. The molecule has 3 rings (SSSR count). The fraction of sp³-hybridized carbons (Fsp3) is 0.133. The van der Waals surface area contributed by atoms with Crippen LogP contribution in [-0.4, -0.2) is 9.55 Å². The highest BCUT2D eigenvalue weighted by Crippen LogP contribution is 2.21. The van der Waals surface area contributed by atoms with Crippen molar-refractivity contribution in [2.24, 2.45) is 5.73 Å². The predicted octanol–water partition coefficient (Wildman–Crippen LogP) is 2.68. The average molecular weight is 255 g/mol. The van der Waals surface area contributed by atoms with E-state index in [1.54, 1.807) is 6.20 Å². The molecule has 0 amide bonds. The number of para-hydroxylation sites is 1. The number of rotatable bonds is 3. The van der Waals surface area contributed by atoms with E-state index in [0.717, 1.165) is 22.0 Å². The van der Waals surface area contributed by atoms with Crippen LogP contribution >= 0.6 is 0 Å². The Morgan fingerprint density at radius 1 is 1.21 bits per heavy atom. The zero-order chi connectivity index (χ0) is 13.2. The van der Waals surface area contributed by atoms with Crippen LogP contribution < -0.4 is 5.73 Å². The zero-order valence-corrected chi connectivity index (χ0v) is 10.4. The SMILES string of the molecule is NCc1cccc2ccn(Cc3cncc(F)c3)c12. The molecule has 0 radical (unpaired) electrons. The summed E-state index contributed by atoms with van der Waals surface area (Å²) in [6.45, 7) is 1.08. The zero-order valence-electron chi connectivity index (χ0n) is 10.4. The normalized spacial score (nSPS) is 11.1. The Hall–Kier alpha value is -2.20. The summed E-state index contributed by atoms with van der Waals surface area (Å²) in [6, 6.07) is 9.61. The topological polar surface area (TPSA) is 43.8 Å². The molecule has 2 heterocycles. The fourth-order valence-electron chi connectivity index (χ4n) is 2.38. The van der Waals surface area contributed by atoms with Gasteiger partial charge in [0.2, 0.25) is 0 Å². The second-order valence-corrected chi connectivity index (χ2v) is 4.51. The molecule has 2 N–H and O–H groups in total. The summed E-state index contributed by atoms with van der Waals surface area (Å²) in [5, 5.41) is 1.15. The van der Waals surface area contributed by atoms with Gasteiger partial charge in [0.1, 0.15) is 5.82 Å². The van der Waals surface area contributed by atoms with E-state index in [4.69, 9.17) is 5.73 Å². The highest BCUT2D eigenvalue weighted by atomic mass is 19.1. The molecule has 0 aliphatic heterocycles. The first-order valence-corrected chi connectivity index (χ1v) is 6.14. The van der Waals surface area contributed by atoms with Crippen LogP contribution in [0.1, 0.15) is 11.1 Å². The van der Waals surface area contributed by atoms with Crippen LogP contribution in [0.25, 0.3) is 10.9 Å². The molecular formula is C15H14FN3. The first kappa shape index (κ1) is 11.9. The van der Waals surface area contributed by atoms with E-state index in [0.29, 0.717) is 13.1 Å². The molecule has 0 aliphatic rings. The third-order valence-electron chi connectivity index (χ3n) is 3.21. The molecule has 0 saturated heterocycles. The molecule has 0 fully saturated rings. The summed E-state index contributed by atoms with van der Waals surface area (Å²) in [4.78, 5) is 3.87. The number of fused-ring (bicyclic) bond motifs is 1. The number of aromatic nitrogens is 2. The van der Waals surface area contributed by atoms with E-state index in [1.165, 1.54) is 12.3 Å². The predicted molar refractivity (Wildman–Crippen MR) is 73.1 cm³/mol. The van der Waals surface area contributed by atoms with Crippen molar-refractivity contribution in [2.75, 3.05) is 0 Å². The Morgan fingerprint density at radius 2 is 2.11 bits per heavy atom. The lowest BCUT2D eigenvalue weighted by molar-refractivity contribution is 0.616. The maximum atomic E-state index is 13.2. The molecule has 0 aliphatic carbocycles. The largest absolute Gasteiger partial charge is 0.343 e. The molecule has 0 spiro atoms. The second kappa shape index (κ2) is 4.82. The van der Waals surface area contributed by atoms with Crippen molar-refractivity contribution in [3.05, 3.63) is 65.9 Å². The monoisotopic (exact) mass is 255 g/mol. The van der Waals surface area contributed by atoms with Gasteiger partial charge in [0.15, 0.2) is 0 Å². The fourth-order valence-corrected chi connectivity index (χ4v) is 2.38. The van der Waals surface area contributed by atoms with Gasteiger partial charge in [-0.3, -0.25) is 4.98 Å². The molecule has 96 valence electrons. The van der Waals surface area contributed by atoms with Crippen LogP contribution in [0.2, 0.25) is 0 Å². The van der Waals surface area contributed by atoms with Crippen molar-refractivity contribution < 1.29 is 4.39 Å². The van der Waals surface area contributed by atoms with Crippen molar-refractivity contribution in [2.45, 2.75) is 13.1 Å². The minimum Gasteiger partial charge on any atom is -0.343 e. The smallest absolute Gasteiger partial charge is 0.141 e. The first-order valence-electron chi connectivity index (χ1n) is 6.14. The molecule has 3 nitrogen and oxygen atoms in total. The van der Waals surface area contributed by atoms with E-state index in [-0.39, 0.29) is 5.82 Å². The Balaban J connectivity index is 2.06. The van der Waals surface area contributed by atoms with Gasteiger partial charge in [0.25, 0.3) is 0 Å². The van der Waals surface area contributed by atoms with Gasteiger partial charge >= 0.3 is 0 Å². The van der Waals surface area contributed by atoms with Gasteiger partial charge in [-0.1, -0.05) is 18.2 Å². The Morgan fingerprint density at radius 3 is 2.89 bits per heavy atom. The first-order chi connectivity index (χ1) is 9.28. The van der Waals surface area contributed by atoms with E-state index >= 15 is 0 Å². The molecule has 4 heteroatoms. The summed E-state index contributed by atoms with van der Waals surface area (Å²) in [5.74, 6) is -0.312. The lowest BCUT2D eigenvalue weighted by Gasteiger charge is -2.08. The summed E-state index contributed by atoms with van der Waals surface area (Å²) in [6.07, 6.45) is 4.89. The van der Waals surface area contributed by atoms with Crippen molar-refractivity contribution in [1.29, 1.82) is 0 Å². The molecule has 2 aromatic heterocycles. The van der Waals surface area contributed by atoms with Gasteiger partial charge in [0, 0.05) is 25.5 Å². The third-order valence-corrected chi connectivity index (χ3v) is 3.21. The standard InChI is InChI=1S/C15H14FN3/c16-14-6-11(8-18-9-14)10-19-5-4-12-2-1-3-13(7-17)15(12)19/h1-6,8-9H,7,10,17H2. The van der Waals surface area contributed by atoms with Crippen LogP contribution in [-0.2, 0) is 13.1 Å². The number of hydrogen-bond acceptors (Lipinski definition) is 2. The molecular weight excluding hydrogens is 241 g/mol. The van der Waals surface area contributed by atoms with Crippen LogP contribution in [0, 0.1) is 5.82 Å². The lowest BCUT2D eigenvalue weighted by atomic mass is 10.1. The number of benzene rings is 1. The highest BCUT2D eigenvalue weighted by Gasteiger charge is 2.06. The van der Waals surface area contributed by atoms with Crippen molar-refractivity contribution >= 4 is 10.9 Å². The number of nitrogens with two attached hydrogens (primary N) is 1. The van der Waals surface area contributed by atoms with E-state index in [9.17, 15) is 4.39 Å². The molecule has 0 saturated carbocycles. The average Bonchev–Trinajstić information content (AvgIpc) is 2.82. The maximum absolute atomic E-state index is 13.2. The number of pyridine rings is 1. The number of nitrogens with zero attached hydrogens (tertiary/aromatic N) is 2. The Labute approximate surface area is 110 Å². The Kier molecular flexibility index (Phi) is 3.01.